The number of nitrogens with zero attached hydrogens (tertiary/aromatic N) is 3. The molecule has 1 aromatic rings. The van der Waals surface area contributed by atoms with Crippen LogP contribution in [-0.2, 0) is 6.54 Å². The Hall–Kier alpha value is -1.05. The molecule has 0 radical (unpaired) electrons. The summed E-state index contributed by atoms with van der Waals surface area (Å²) >= 11 is 0. The predicted molar refractivity (Wildman–Crippen MR) is 99.6 cm³/mol. The van der Waals surface area contributed by atoms with Gasteiger partial charge in [0, 0.05) is 38.9 Å². The lowest BCUT2D eigenvalue weighted by atomic mass is 10.2. The summed E-state index contributed by atoms with van der Waals surface area (Å²) in [6.45, 7) is 7.21. The molecule has 2 heterocycles. The van der Waals surface area contributed by atoms with Gasteiger partial charge in [0.25, 0.3) is 0 Å². The summed E-state index contributed by atoms with van der Waals surface area (Å²) in [4.78, 5) is 11.0. The fraction of sp³-hybridized carbons (Fsp3) is 0.600. The van der Waals surface area contributed by atoms with Crippen LogP contribution < -0.4 is 15.5 Å². The first-order valence-electron chi connectivity index (χ1n) is 7.36. The zero-order valence-electron chi connectivity index (χ0n) is 13.1. The average Bonchev–Trinajstić information content (AvgIpc) is 2.97. The molecule has 6 heteroatoms. The Balaban J connectivity index is 0.00000220. The zero-order chi connectivity index (χ0) is 14.4. The number of nitrogens with one attached hydrogen (secondary N) is 2. The van der Waals surface area contributed by atoms with E-state index in [1.54, 1.807) is 7.05 Å². The molecule has 5 nitrogen and oxygen atoms in total. The molecule has 0 saturated carbocycles. The van der Waals surface area contributed by atoms with Crippen molar-refractivity contribution < 1.29 is 0 Å². The second kappa shape index (κ2) is 9.07. The van der Waals surface area contributed by atoms with Gasteiger partial charge >= 0.3 is 0 Å². The Morgan fingerprint density at radius 1 is 1.38 bits per heavy atom. The number of halogens is 1. The van der Waals surface area contributed by atoms with E-state index in [-0.39, 0.29) is 24.0 Å². The number of hydrogen-bond donors (Lipinski definition) is 2. The molecule has 2 rings (SSSR count). The van der Waals surface area contributed by atoms with Gasteiger partial charge in [-0.2, -0.15) is 0 Å². The van der Waals surface area contributed by atoms with Gasteiger partial charge in [0.2, 0.25) is 0 Å². The molecular formula is C15H26IN5. The van der Waals surface area contributed by atoms with E-state index in [4.69, 9.17) is 0 Å². The van der Waals surface area contributed by atoms with Crippen LogP contribution in [0.4, 0.5) is 5.82 Å². The highest BCUT2D eigenvalue weighted by molar-refractivity contribution is 14.0. The van der Waals surface area contributed by atoms with Crippen molar-refractivity contribution in [2.45, 2.75) is 39.3 Å². The van der Waals surface area contributed by atoms with E-state index >= 15 is 0 Å². The number of pyridine rings is 1. The first-order chi connectivity index (χ1) is 9.69. The minimum Gasteiger partial charge on any atom is -0.357 e. The predicted octanol–water partition coefficient (Wildman–Crippen LogP) is 2.37. The van der Waals surface area contributed by atoms with E-state index in [9.17, 15) is 0 Å². The van der Waals surface area contributed by atoms with Gasteiger partial charge in [-0.3, -0.25) is 4.99 Å². The fourth-order valence-electron chi connectivity index (χ4n) is 2.34. The van der Waals surface area contributed by atoms with Crippen LogP contribution in [0.5, 0.6) is 0 Å². The van der Waals surface area contributed by atoms with E-state index in [0.29, 0.717) is 6.04 Å². The molecule has 1 saturated heterocycles. The first-order valence-corrected chi connectivity index (χ1v) is 7.36. The van der Waals surface area contributed by atoms with Gasteiger partial charge in [-0.1, -0.05) is 0 Å². The SMILES string of the molecule is CN=C(NCc1ccnc(N2CCCC2)c1)NC(C)C.I. The highest BCUT2D eigenvalue weighted by Gasteiger charge is 2.13. The van der Waals surface area contributed by atoms with E-state index < -0.39 is 0 Å². The van der Waals surface area contributed by atoms with Gasteiger partial charge in [0.15, 0.2) is 5.96 Å². The van der Waals surface area contributed by atoms with Crippen molar-refractivity contribution in [2.24, 2.45) is 4.99 Å². The highest BCUT2D eigenvalue weighted by Crippen LogP contribution is 2.18. The van der Waals surface area contributed by atoms with Crippen molar-refractivity contribution in [2.75, 3.05) is 25.0 Å². The maximum Gasteiger partial charge on any atom is 0.191 e. The van der Waals surface area contributed by atoms with Gasteiger partial charge in [-0.05, 0) is 44.4 Å². The Bertz CT molecular complexity index is 455. The van der Waals surface area contributed by atoms with E-state index in [1.807, 2.05) is 6.20 Å². The van der Waals surface area contributed by atoms with Crippen LogP contribution in [0.2, 0.25) is 0 Å². The molecule has 0 bridgehead atoms. The largest absolute Gasteiger partial charge is 0.357 e. The Morgan fingerprint density at radius 2 is 2.10 bits per heavy atom. The van der Waals surface area contributed by atoms with Crippen LogP contribution in [0, 0.1) is 0 Å². The topological polar surface area (TPSA) is 52.6 Å². The maximum atomic E-state index is 4.47. The molecule has 0 aromatic carbocycles. The minimum atomic E-state index is 0. The molecule has 1 aliphatic rings. The Morgan fingerprint density at radius 3 is 2.71 bits per heavy atom. The molecule has 0 atom stereocenters. The first kappa shape index (κ1) is 18.0. The van der Waals surface area contributed by atoms with Crippen molar-refractivity contribution in [3.63, 3.8) is 0 Å². The normalized spacial score (nSPS) is 15.0. The molecule has 1 aliphatic heterocycles. The lowest BCUT2D eigenvalue weighted by Gasteiger charge is -2.18. The summed E-state index contributed by atoms with van der Waals surface area (Å²) in [5.74, 6) is 1.92. The van der Waals surface area contributed by atoms with Gasteiger partial charge in [-0.25, -0.2) is 4.98 Å². The van der Waals surface area contributed by atoms with Crippen molar-refractivity contribution >= 4 is 35.8 Å². The summed E-state index contributed by atoms with van der Waals surface area (Å²) in [6, 6.07) is 4.59. The number of hydrogen-bond acceptors (Lipinski definition) is 3. The third kappa shape index (κ3) is 5.68. The minimum absolute atomic E-state index is 0. The molecule has 1 fully saturated rings. The highest BCUT2D eigenvalue weighted by atomic mass is 127. The lowest BCUT2D eigenvalue weighted by molar-refractivity contribution is 0.699. The quantitative estimate of drug-likeness (QED) is 0.461. The van der Waals surface area contributed by atoms with Crippen LogP contribution in [-0.4, -0.2) is 37.1 Å². The van der Waals surface area contributed by atoms with Crippen LogP contribution >= 0.6 is 24.0 Å². The molecule has 0 aliphatic carbocycles. The third-order valence-electron chi connectivity index (χ3n) is 3.35. The Labute approximate surface area is 144 Å². The summed E-state index contributed by atoms with van der Waals surface area (Å²) in [5, 5.41) is 6.61. The number of aromatic nitrogens is 1. The van der Waals surface area contributed by atoms with Gasteiger partial charge in [0.05, 0.1) is 0 Å². The van der Waals surface area contributed by atoms with E-state index in [0.717, 1.165) is 31.4 Å². The van der Waals surface area contributed by atoms with Crippen molar-refractivity contribution in [3.8, 4) is 0 Å². The maximum absolute atomic E-state index is 4.47. The molecule has 0 amide bonds. The molecular weight excluding hydrogens is 377 g/mol. The zero-order valence-corrected chi connectivity index (χ0v) is 15.4. The second-order valence-electron chi connectivity index (χ2n) is 5.44. The van der Waals surface area contributed by atoms with Crippen molar-refractivity contribution in [1.82, 2.24) is 15.6 Å². The number of aliphatic imine (C=N–C) groups is 1. The van der Waals surface area contributed by atoms with E-state index in [2.05, 4.69) is 51.5 Å². The number of guanidine groups is 1. The molecule has 1 aromatic heterocycles. The van der Waals surface area contributed by atoms with Gasteiger partial charge in [0.1, 0.15) is 5.82 Å². The van der Waals surface area contributed by atoms with Crippen LogP contribution in [0.25, 0.3) is 0 Å². The van der Waals surface area contributed by atoms with Crippen LogP contribution in [0.3, 0.4) is 0 Å². The standard InChI is InChI=1S/C15H25N5.HI/c1-12(2)19-15(16-3)18-11-13-6-7-17-14(10-13)20-8-4-5-9-20;/h6-7,10,12H,4-5,8-9,11H2,1-3H3,(H2,16,18,19);1H. The summed E-state index contributed by atoms with van der Waals surface area (Å²) in [7, 11) is 1.79. The monoisotopic (exact) mass is 403 g/mol. The van der Waals surface area contributed by atoms with Gasteiger partial charge in [-0.15, -0.1) is 24.0 Å². The molecule has 118 valence electrons. The second-order valence-corrected chi connectivity index (χ2v) is 5.44. The molecule has 21 heavy (non-hydrogen) atoms. The van der Waals surface area contributed by atoms with Crippen molar-refractivity contribution in [1.29, 1.82) is 0 Å². The smallest absolute Gasteiger partial charge is 0.191 e. The summed E-state index contributed by atoms with van der Waals surface area (Å²) in [6.07, 6.45) is 4.44. The molecule has 0 spiro atoms. The fourth-order valence-corrected chi connectivity index (χ4v) is 2.34. The Kier molecular flexibility index (Phi) is 7.77. The van der Waals surface area contributed by atoms with E-state index in [1.165, 1.54) is 18.4 Å². The van der Waals surface area contributed by atoms with Crippen LogP contribution in [0.1, 0.15) is 32.3 Å². The van der Waals surface area contributed by atoms with Crippen LogP contribution in [0.15, 0.2) is 23.3 Å². The average molecular weight is 403 g/mol. The van der Waals surface area contributed by atoms with Crippen molar-refractivity contribution in [3.05, 3.63) is 23.9 Å². The summed E-state index contributed by atoms with van der Waals surface area (Å²) in [5.41, 5.74) is 1.23. The third-order valence-corrected chi connectivity index (χ3v) is 3.35. The molecule has 2 N–H and O–H groups in total. The number of rotatable bonds is 4. The summed E-state index contributed by atoms with van der Waals surface area (Å²) < 4.78 is 0. The lowest BCUT2D eigenvalue weighted by Crippen LogP contribution is -2.40. The number of anilines is 1. The molecule has 0 unspecified atom stereocenters. The van der Waals surface area contributed by atoms with Gasteiger partial charge < -0.3 is 15.5 Å².